The van der Waals surface area contributed by atoms with Crippen LogP contribution in [0.1, 0.15) is 29.3 Å². The number of fused-ring (bicyclic) bond motifs is 1. The molecule has 0 amide bonds. The van der Waals surface area contributed by atoms with Crippen LogP contribution in [0, 0.1) is 6.92 Å². The SMILES string of the molecule is Cc1cccc2cc(C(N)CCc3cccnc3)oc12. The van der Waals surface area contributed by atoms with Gasteiger partial charge in [0.05, 0.1) is 6.04 Å². The number of pyridine rings is 1. The summed E-state index contributed by atoms with van der Waals surface area (Å²) in [7, 11) is 0. The molecule has 3 heteroatoms. The van der Waals surface area contributed by atoms with Crippen molar-refractivity contribution in [1.82, 2.24) is 4.98 Å². The second-order valence-electron chi connectivity index (χ2n) is 5.15. The molecule has 0 saturated carbocycles. The van der Waals surface area contributed by atoms with Crippen LogP contribution in [-0.2, 0) is 6.42 Å². The highest BCUT2D eigenvalue weighted by atomic mass is 16.3. The van der Waals surface area contributed by atoms with Crippen molar-refractivity contribution in [3.63, 3.8) is 0 Å². The molecule has 2 N–H and O–H groups in total. The standard InChI is InChI=1S/C17H18N2O/c1-12-4-2-6-14-10-16(20-17(12)14)15(18)8-7-13-5-3-9-19-11-13/h2-6,9-11,15H,7-8,18H2,1H3. The monoisotopic (exact) mass is 266 g/mol. The van der Waals surface area contributed by atoms with Crippen molar-refractivity contribution in [2.24, 2.45) is 5.73 Å². The molecule has 0 saturated heterocycles. The van der Waals surface area contributed by atoms with Gasteiger partial charge in [0.25, 0.3) is 0 Å². The predicted molar refractivity (Wildman–Crippen MR) is 80.4 cm³/mol. The molecule has 1 aromatic carbocycles. The fourth-order valence-electron chi connectivity index (χ4n) is 2.42. The van der Waals surface area contributed by atoms with E-state index >= 15 is 0 Å². The molecule has 0 fully saturated rings. The van der Waals surface area contributed by atoms with Crippen LogP contribution < -0.4 is 5.73 Å². The number of nitrogens with two attached hydrogens (primary N) is 1. The van der Waals surface area contributed by atoms with Crippen molar-refractivity contribution in [1.29, 1.82) is 0 Å². The quantitative estimate of drug-likeness (QED) is 0.782. The summed E-state index contributed by atoms with van der Waals surface area (Å²) in [5.41, 5.74) is 9.54. The number of aryl methyl sites for hydroxylation is 2. The normalized spacial score (nSPS) is 12.7. The molecule has 2 heterocycles. The van der Waals surface area contributed by atoms with E-state index < -0.39 is 0 Å². The van der Waals surface area contributed by atoms with Gasteiger partial charge in [-0.15, -0.1) is 0 Å². The predicted octanol–water partition coefficient (Wildman–Crippen LogP) is 3.77. The summed E-state index contributed by atoms with van der Waals surface area (Å²) >= 11 is 0. The number of hydrogen-bond donors (Lipinski definition) is 1. The molecule has 20 heavy (non-hydrogen) atoms. The van der Waals surface area contributed by atoms with Gasteiger partial charge in [-0.3, -0.25) is 4.98 Å². The van der Waals surface area contributed by atoms with Crippen LogP contribution in [0.15, 0.2) is 53.2 Å². The summed E-state index contributed by atoms with van der Waals surface area (Å²) in [5.74, 6) is 0.859. The second-order valence-corrected chi connectivity index (χ2v) is 5.15. The smallest absolute Gasteiger partial charge is 0.137 e. The van der Waals surface area contributed by atoms with Crippen LogP contribution in [-0.4, -0.2) is 4.98 Å². The zero-order chi connectivity index (χ0) is 13.9. The molecule has 1 atom stereocenters. The molecular formula is C17H18N2O. The summed E-state index contributed by atoms with van der Waals surface area (Å²) in [4.78, 5) is 4.12. The minimum absolute atomic E-state index is 0.0815. The third kappa shape index (κ3) is 2.58. The zero-order valence-corrected chi connectivity index (χ0v) is 11.5. The molecule has 1 unspecified atom stereocenters. The van der Waals surface area contributed by atoms with Crippen molar-refractivity contribution < 1.29 is 4.42 Å². The van der Waals surface area contributed by atoms with Gasteiger partial charge in [-0.25, -0.2) is 0 Å². The molecule has 3 rings (SSSR count). The van der Waals surface area contributed by atoms with E-state index in [-0.39, 0.29) is 6.04 Å². The summed E-state index contributed by atoms with van der Waals surface area (Å²) in [6, 6.07) is 12.1. The highest BCUT2D eigenvalue weighted by molar-refractivity contribution is 5.80. The molecule has 102 valence electrons. The van der Waals surface area contributed by atoms with Gasteiger partial charge in [0.1, 0.15) is 11.3 Å². The first-order valence-electron chi connectivity index (χ1n) is 6.87. The van der Waals surface area contributed by atoms with Crippen molar-refractivity contribution in [2.45, 2.75) is 25.8 Å². The van der Waals surface area contributed by atoms with Gasteiger partial charge >= 0.3 is 0 Å². The first-order valence-corrected chi connectivity index (χ1v) is 6.87. The van der Waals surface area contributed by atoms with Gasteiger partial charge in [-0.2, -0.15) is 0 Å². The third-order valence-electron chi connectivity index (χ3n) is 3.59. The largest absolute Gasteiger partial charge is 0.459 e. The number of nitrogens with zero attached hydrogens (tertiary/aromatic N) is 1. The van der Waals surface area contributed by atoms with Crippen LogP contribution in [0.5, 0.6) is 0 Å². The fourth-order valence-corrected chi connectivity index (χ4v) is 2.42. The molecule has 3 nitrogen and oxygen atoms in total. The lowest BCUT2D eigenvalue weighted by Gasteiger charge is -2.08. The highest BCUT2D eigenvalue weighted by Gasteiger charge is 2.13. The van der Waals surface area contributed by atoms with Crippen molar-refractivity contribution in [3.05, 3.63) is 65.7 Å². The summed E-state index contributed by atoms with van der Waals surface area (Å²) in [6.07, 6.45) is 5.43. The molecule has 0 radical (unpaired) electrons. The Balaban J connectivity index is 1.75. The van der Waals surface area contributed by atoms with Crippen LogP contribution >= 0.6 is 0 Å². The summed E-state index contributed by atoms with van der Waals surface area (Å²) in [5, 5.41) is 1.12. The first kappa shape index (κ1) is 12.9. The van der Waals surface area contributed by atoms with E-state index in [1.165, 1.54) is 5.56 Å². The maximum atomic E-state index is 6.24. The number of aromatic nitrogens is 1. The highest BCUT2D eigenvalue weighted by Crippen LogP contribution is 2.27. The van der Waals surface area contributed by atoms with E-state index in [0.29, 0.717) is 0 Å². The third-order valence-corrected chi connectivity index (χ3v) is 3.59. The first-order chi connectivity index (χ1) is 9.74. The zero-order valence-electron chi connectivity index (χ0n) is 11.5. The Bertz CT molecular complexity index is 703. The molecular weight excluding hydrogens is 248 g/mol. The van der Waals surface area contributed by atoms with Crippen LogP contribution in [0.3, 0.4) is 0 Å². The van der Waals surface area contributed by atoms with Crippen LogP contribution in [0.25, 0.3) is 11.0 Å². The Morgan fingerprint density at radius 2 is 2.15 bits per heavy atom. The molecule has 0 aliphatic heterocycles. The number of para-hydroxylation sites is 1. The van der Waals surface area contributed by atoms with E-state index in [1.54, 1.807) is 6.20 Å². The molecule has 0 aliphatic rings. The maximum absolute atomic E-state index is 6.24. The number of benzene rings is 1. The molecule has 3 aromatic rings. The van der Waals surface area contributed by atoms with Crippen LogP contribution in [0.4, 0.5) is 0 Å². The van der Waals surface area contributed by atoms with Crippen LogP contribution in [0.2, 0.25) is 0 Å². The van der Waals surface area contributed by atoms with E-state index in [1.807, 2.05) is 18.3 Å². The summed E-state index contributed by atoms with van der Waals surface area (Å²) < 4.78 is 5.91. The molecule has 2 aromatic heterocycles. The lowest BCUT2D eigenvalue weighted by molar-refractivity contribution is 0.477. The van der Waals surface area contributed by atoms with E-state index in [9.17, 15) is 0 Å². The van der Waals surface area contributed by atoms with Gasteiger partial charge < -0.3 is 10.2 Å². The van der Waals surface area contributed by atoms with Crippen molar-refractivity contribution >= 4 is 11.0 Å². The van der Waals surface area contributed by atoms with Crippen molar-refractivity contribution in [3.8, 4) is 0 Å². The van der Waals surface area contributed by atoms with Gasteiger partial charge in [-0.05, 0) is 43.0 Å². The number of hydrogen-bond acceptors (Lipinski definition) is 3. The lowest BCUT2D eigenvalue weighted by atomic mass is 10.1. The number of rotatable bonds is 4. The fraction of sp³-hybridized carbons (Fsp3) is 0.235. The molecule has 0 spiro atoms. The Kier molecular flexibility index (Phi) is 3.52. The summed E-state index contributed by atoms with van der Waals surface area (Å²) in [6.45, 7) is 2.05. The minimum Gasteiger partial charge on any atom is -0.459 e. The van der Waals surface area contributed by atoms with Gasteiger partial charge in [0.2, 0.25) is 0 Å². The second kappa shape index (κ2) is 5.47. The molecule has 0 bridgehead atoms. The van der Waals surface area contributed by atoms with E-state index in [4.69, 9.17) is 10.2 Å². The van der Waals surface area contributed by atoms with E-state index in [2.05, 4.69) is 36.2 Å². The Morgan fingerprint density at radius 3 is 2.90 bits per heavy atom. The Morgan fingerprint density at radius 1 is 1.25 bits per heavy atom. The van der Waals surface area contributed by atoms with Gasteiger partial charge in [-0.1, -0.05) is 24.3 Å². The van der Waals surface area contributed by atoms with Gasteiger partial charge in [0.15, 0.2) is 0 Å². The minimum atomic E-state index is -0.0815. The Hall–Kier alpha value is -2.13. The maximum Gasteiger partial charge on any atom is 0.137 e. The van der Waals surface area contributed by atoms with E-state index in [0.717, 1.165) is 35.1 Å². The lowest BCUT2D eigenvalue weighted by Crippen LogP contribution is -2.10. The molecule has 0 aliphatic carbocycles. The average Bonchev–Trinajstić information content (AvgIpc) is 2.91. The average molecular weight is 266 g/mol. The van der Waals surface area contributed by atoms with Crippen molar-refractivity contribution in [2.75, 3.05) is 0 Å². The Labute approximate surface area is 118 Å². The number of furan rings is 1. The van der Waals surface area contributed by atoms with Gasteiger partial charge in [0, 0.05) is 17.8 Å². The topological polar surface area (TPSA) is 52.0 Å².